The van der Waals surface area contributed by atoms with Crippen molar-refractivity contribution < 1.29 is 13.9 Å². The van der Waals surface area contributed by atoms with E-state index in [0.29, 0.717) is 6.54 Å². The fourth-order valence-electron chi connectivity index (χ4n) is 1.77. The molecule has 0 aliphatic heterocycles. The summed E-state index contributed by atoms with van der Waals surface area (Å²) in [6, 6.07) is 2.52. The van der Waals surface area contributed by atoms with E-state index in [1.54, 1.807) is 7.05 Å². The lowest BCUT2D eigenvalue weighted by Gasteiger charge is -2.15. The monoisotopic (exact) mass is 344 g/mol. The molecular formula is C13H14ClFN4O2S. The number of benzene rings is 1. The number of rotatable bonds is 4. The van der Waals surface area contributed by atoms with Crippen molar-refractivity contribution in [2.75, 3.05) is 19.3 Å². The van der Waals surface area contributed by atoms with E-state index in [0.717, 1.165) is 18.1 Å². The number of nitrogens with zero attached hydrogens (tertiary/aromatic N) is 3. The average molecular weight is 345 g/mol. The Hall–Kier alpha value is -1.93. The predicted molar refractivity (Wildman–Crippen MR) is 83.7 cm³/mol. The van der Waals surface area contributed by atoms with Crippen LogP contribution in [0.1, 0.15) is 13.3 Å². The molecule has 22 heavy (non-hydrogen) atoms. The van der Waals surface area contributed by atoms with Gasteiger partial charge in [-0.15, -0.1) is 4.37 Å². The van der Waals surface area contributed by atoms with Gasteiger partial charge in [-0.1, -0.05) is 18.5 Å². The molecule has 0 saturated carbocycles. The van der Waals surface area contributed by atoms with Crippen molar-refractivity contribution in [3.8, 4) is 17.1 Å². The summed E-state index contributed by atoms with van der Waals surface area (Å²) < 4.78 is 27.0. The van der Waals surface area contributed by atoms with Gasteiger partial charge < -0.3 is 15.4 Å². The second-order valence-corrected chi connectivity index (χ2v) is 5.44. The van der Waals surface area contributed by atoms with Crippen LogP contribution in [0.2, 0.25) is 5.02 Å². The number of ether oxygens (including phenoxy) is 1. The van der Waals surface area contributed by atoms with Crippen molar-refractivity contribution in [1.82, 2.24) is 13.6 Å². The summed E-state index contributed by atoms with van der Waals surface area (Å²) >= 11 is 6.82. The standard InChI is InChI=1S/C13H14ClFN4O2S/c1-3-6-19(2)13(20)21-12-11(17-22-18-12)9-7(15)4-5-8(16)10(9)14/h4-5H,3,6,16H2,1-2H3. The molecule has 1 aromatic heterocycles. The third-order valence-electron chi connectivity index (χ3n) is 2.87. The molecule has 1 heterocycles. The van der Waals surface area contributed by atoms with Crippen LogP contribution in [0.4, 0.5) is 14.9 Å². The van der Waals surface area contributed by atoms with Gasteiger partial charge in [-0.2, -0.15) is 4.37 Å². The van der Waals surface area contributed by atoms with Gasteiger partial charge in [0.05, 0.1) is 28.0 Å². The fraction of sp³-hybridized carbons (Fsp3) is 0.308. The number of carbonyl (C=O) groups excluding carboxylic acids is 1. The van der Waals surface area contributed by atoms with Crippen LogP contribution >= 0.6 is 23.3 Å². The topological polar surface area (TPSA) is 81.3 Å². The Morgan fingerprint density at radius 3 is 2.91 bits per heavy atom. The molecule has 2 N–H and O–H groups in total. The minimum atomic E-state index is -0.619. The van der Waals surface area contributed by atoms with Gasteiger partial charge in [0.15, 0.2) is 5.69 Å². The number of nitrogen functional groups attached to an aromatic ring is 1. The van der Waals surface area contributed by atoms with E-state index in [2.05, 4.69) is 8.75 Å². The zero-order valence-electron chi connectivity index (χ0n) is 12.0. The van der Waals surface area contributed by atoms with Gasteiger partial charge >= 0.3 is 6.09 Å². The predicted octanol–water partition coefficient (Wildman–Crippen LogP) is 3.42. The first-order valence-corrected chi connectivity index (χ1v) is 7.55. The van der Waals surface area contributed by atoms with E-state index in [1.165, 1.54) is 17.0 Å². The zero-order valence-corrected chi connectivity index (χ0v) is 13.5. The maximum atomic E-state index is 14.0. The average Bonchev–Trinajstić information content (AvgIpc) is 2.91. The maximum absolute atomic E-state index is 14.0. The van der Waals surface area contributed by atoms with Crippen molar-refractivity contribution in [3.63, 3.8) is 0 Å². The Labute approximate surface area is 136 Å². The number of amides is 1. The number of hydrogen-bond acceptors (Lipinski definition) is 6. The molecule has 0 atom stereocenters. The molecule has 2 rings (SSSR count). The minimum absolute atomic E-state index is 0.00640. The molecule has 0 radical (unpaired) electrons. The Bertz CT molecular complexity index is 695. The first-order chi connectivity index (χ1) is 10.5. The number of anilines is 1. The molecule has 1 aromatic carbocycles. The summed E-state index contributed by atoms with van der Waals surface area (Å²) in [5.41, 5.74) is 5.90. The van der Waals surface area contributed by atoms with Gasteiger partial charge in [-0.05, 0) is 18.6 Å². The first-order valence-electron chi connectivity index (χ1n) is 6.45. The van der Waals surface area contributed by atoms with Crippen LogP contribution in [0.5, 0.6) is 5.88 Å². The van der Waals surface area contributed by atoms with E-state index in [4.69, 9.17) is 22.1 Å². The smallest absolute Gasteiger partial charge is 0.398 e. The lowest BCUT2D eigenvalue weighted by atomic mass is 10.1. The summed E-state index contributed by atoms with van der Waals surface area (Å²) in [4.78, 5) is 13.3. The quantitative estimate of drug-likeness (QED) is 0.859. The molecule has 0 bridgehead atoms. The molecule has 118 valence electrons. The largest absolute Gasteiger partial charge is 0.416 e. The molecule has 6 nitrogen and oxygen atoms in total. The van der Waals surface area contributed by atoms with Gasteiger partial charge in [0, 0.05) is 13.6 Å². The molecule has 1 amide bonds. The van der Waals surface area contributed by atoms with Gasteiger partial charge in [0.2, 0.25) is 0 Å². The summed E-state index contributed by atoms with van der Waals surface area (Å²) in [6.45, 7) is 2.46. The first kappa shape index (κ1) is 16.4. The van der Waals surface area contributed by atoms with Crippen LogP contribution in [-0.2, 0) is 0 Å². The van der Waals surface area contributed by atoms with Crippen LogP contribution in [0, 0.1) is 5.82 Å². The molecular weight excluding hydrogens is 331 g/mol. The van der Waals surface area contributed by atoms with Crippen LogP contribution in [0.3, 0.4) is 0 Å². The number of carbonyl (C=O) groups is 1. The summed E-state index contributed by atoms with van der Waals surface area (Å²) in [7, 11) is 1.60. The highest BCUT2D eigenvalue weighted by Crippen LogP contribution is 2.38. The van der Waals surface area contributed by atoms with E-state index < -0.39 is 11.9 Å². The van der Waals surface area contributed by atoms with Gasteiger partial charge in [0.1, 0.15) is 5.82 Å². The van der Waals surface area contributed by atoms with Crippen molar-refractivity contribution in [1.29, 1.82) is 0 Å². The molecule has 0 aliphatic carbocycles. The fourth-order valence-corrected chi connectivity index (χ4v) is 2.51. The number of aromatic nitrogens is 2. The Kier molecular flexibility index (Phi) is 5.15. The lowest BCUT2D eigenvalue weighted by molar-refractivity contribution is 0.162. The van der Waals surface area contributed by atoms with E-state index in [-0.39, 0.29) is 27.8 Å². The number of nitrogens with two attached hydrogens (primary N) is 1. The Morgan fingerprint density at radius 2 is 2.23 bits per heavy atom. The molecule has 9 heteroatoms. The SMILES string of the molecule is CCCN(C)C(=O)Oc1nsnc1-c1c(F)ccc(N)c1Cl. The van der Waals surface area contributed by atoms with Crippen molar-refractivity contribution in [2.45, 2.75) is 13.3 Å². The number of halogens is 2. The molecule has 0 aliphatic rings. The molecule has 0 saturated heterocycles. The van der Waals surface area contributed by atoms with Crippen LogP contribution in [-0.4, -0.2) is 33.3 Å². The van der Waals surface area contributed by atoms with Crippen LogP contribution < -0.4 is 10.5 Å². The second kappa shape index (κ2) is 6.89. The highest BCUT2D eigenvalue weighted by atomic mass is 35.5. The van der Waals surface area contributed by atoms with Crippen molar-refractivity contribution in [3.05, 3.63) is 23.0 Å². The minimum Gasteiger partial charge on any atom is -0.398 e. The zero-order chi connectivity index (χ0) is 16.3. The van der Waals surface area contributed by atoms with Gasteiger partial charge in [-0.3, -0.25) is 0 Å². The van der Waals surface area contributed by atoms with Crippen LogP contribution in [0.25, 0.3) is 11.3 Å². The molecule has 0 unspecified atom stereocenters. The van der Waals surface area contributed by atoms with Gasteiger partial charge in [0.25, 0.3) is 5.88 Å². The van der Waals surface area contributed by atoms with E-state index in [9.17, 15) is 9.18 Å². The third kappa shape index (κ3) is 3.28. The van der Waals surface area contributed by atoms with Crippen molar-refractivity contribution >= 4 is 35.1 Å². The third-order valence-corrected chi connectivity index (χ3v) is 3.79. The second-order valence-electron chi connectivity index (χ2n) is 4.53. The van der Waals surface area contributed by atoms with E-state index >= 15 is 0 Å². The highest BCUT2D eigenvalue weighted by Gasteiger charge is 2.23. The molecule has 2 aromatic rings. The lowest BCUT2D eigenvalue weighted by Crippen LogP contribution is -2.30. The molecule has 0 fully saturated rings. The molecule has 0 spiro atoms. The normalized spacial score (nSPS) is 10.5. The highest BCUT2D eigenvalue weighted by molar-refractivity contribution is 6.99. The summed E-state index contributed by atoms with van der Waals surface area (Å²) in [6.07, 6.45) is 0.180. The Morgan fingerprint density at radius 1 is 1.50 bits per heavy atom. The summed E-state index contributed by atoms with van der Waals surface area (Å²) in [5.74, 6) is -0.713. The Balaban J connectivity index is 2.35. The maximum Gasteiger partial charge on any atom is 0.416 e. The number of hydrogen-bond donors (Lipinski definition) is 1. The van der Waals surface area contributed by atoms with Crippen LogP contribution in [0.15, 0.2) is 12.1 Å². The van der Waals surface area contributed by atoms with Gasteiger partial charge in [-0.25, -0.2) is 9.18 Å². The van der Waals surface area contributed by atoms with E-state index in [1.807, 2.05) is 6.92 Å². The van der Waals surface area contributed by atoms with Crippen molar-refractivity contribution in [2.24, 2.45) is 0 Å². The summed E-state index contributed by atoms with van der Waals surface area (Å²) in [5, 5.41) is 0.00640.